The van der Waals surface area contributed by atoms with Gasteiger partial charge in [0, 0.05) is 56.9 Å². The average Bonchev–Trinajstić information content (AvgIpc) is 2.84. The highest BCUT2D eigenvalue weighted by Crippen LogP contribution is 2.30. The summed E-state index contributed by atoms with van der Waals surface area (Å²) in [5.41, 5.74) is 3.75. The fraction of sp³-hybridized carbons (Fsp3) is 0.696. The van der Waals surface area contributed by atoms with Gasteiger partial charge in [-0.25, -0.2) is 0 Å². The number of nitrogens with zero attached hydrogens (tertiary/aromatic N) is 3. The van der Waals surface area contributed by atoms with Crippen LogP contribution in [0.15, 0.2) is 18.2 Å². The van der Waals surface area contributed by atoms with E-state index in [9.17, 15) is 4.79 Å². The van der Waals surface area contributed by atoms with Crippen molar-refractivity contribution in [1.29, 1.82) is 0 Å². The minimum absolute atomic E-state index is 0.245. The second-order valence-electron chi connectivity index (χ2n) is 9.06. The fourth-order valence-electron chi connectivity index (χ4n) is 5.21. The first kappa shape index (κ1) is 17.7. The third-order valence-corrected chi connectivity index (χ3v) is 7.49. The van der Waals surface area contributed by atoms with Gasteiger partial charge >= 0.3 is 0 Å². The van der Waals surface area contributed by atoms with Crippen molar-refractivity contribution in [3.63, 3.8) is 0 Å². The maximum atomic E-state index is 13.1. The molecule has 4 aliphatic rings. The van der Waals surface area contributed by atoms with Gasteiger partial charge in [0.2, 0.25) is 0 Å². The normalized spacial score (nSPS) is 25.4. The zero-order chi connectivity index (χ0) is 18.2. The Morgan fingerprint density at radius 2 is 1.56 bits per heavy atom. The van der Waals surface area contributed by atoms with E-state index in [4.69, 9.17) is 0 Å². The highest BCUT2D eigenvalue weighted by Gasteiger charge is 2.30. The summed E-state index contributed by atoms with van der Waals surface area (Å²) in [7, 11) is 0. The van der Waals surface area contributed by atoms with Crippen molar-refractivity contribution in [3.05, 3.63) is 34.9 Å². The molecule has 1 aromatic carbocycles. The van der Waals surface area contributed by atoms with Crippen molar-refractivity contribution in [2.24, 2.45) is 0 Å². The third kappa shape index (κ3) is 3.54. The number of carbonyl (C=O) groups is 1. The van der Waals surface area contributed by atoms with E-state index in [2.05, 4.69) is 32.9 Å². The molecular formula is C23H33N3O. The Morgan fingerprint density at radius 3 is 2.30 bits per heavy atom. The van der Waals surface area contributed by atoms with Crippen LogP contribution in [0.5, 0.6) is 0 Å². The van der Waals surface area contributed by atoms with Crippen LogP contribution in [0.2, 0.25) is 0 Å². The van der Waals surface area contributed by atoms with E-state index in [0.717, 1.165) is 69.8 Å². The number of amides is 1. The fourth-order valence-corrected chi connectivity index (χ4v) is 5.21. The van der Waals surface area contributed by atoms with Crippen molar-refractivity contribution < 1.29 is 4.79 Å². The summed E-state index contributed by atoms with van der Waals surface area (Å²) >= 11 is 0. The van der Waals surface area contributed by atoms with Crippen LogP contribution in [0, 0.1) is 0 Å². The highest BCUT2D eigenvalue weighted by molar-refractivity contribution is 5.94. The Morgan fingerprint density at radius 1 is 0.778 bits per heavy atom. The molecule has 27 heavy (non-hydrogen) atoms. The Kier molecular flexibility index (Phi) is 4.95. The zero-order valence-corrected chi connectivity index (χ0v) is 16.5. The van der Waals surface area contributed by atoms with Crippen LogP contribution >= 0.6 is 0 Å². The van der Waals surface area contributed by atoms with Crippen molar-refractivity contribution in [2.45, 2.75) is 70.0 Å². The van der Waals surface area contributed by atoms with E-state index in [-0.39, 0.29) is 5.91 Å². The quantitative estimate of drug-likeness (QED) is 0.820. The summed E-state index contributed by atoms with van der Waals surface area (Å²) < 4.78 is 0. The lowest BCUT2D eigenvalue weighted by molar-refractivity contribution is 0.0749. The van der Waals surface area contributed by atoms with Gasteiger partial charge < -0.3 is 4.90 Å². The molecule has 0 unspecified atom stereocenters. The Balaban J connectivity index is 1.24. The molecule has 2 aliphatic carbocycles. The molecule has 0 atom stereocenters. The van der Waals surface area contributed by atoms with Crippen LogP contribution in [0.25, 0.3) is 0 Å². The van der Waals surface area contributed by atoms with Crippen LogP contribution in [-0.4, -0.2) is 65.4 Å². The van der Waals surface area contributed by atoms with E-state index < -0.39 is 0 Å². The molecule has 1 amide bonds. The summed E-state index contributed by atoms with van der Waals surface area (Å²) in [6, 6.07) is 8.12. The summed E-state index contributed by atoms with van der Waals surface area (Å²) in [6.07, 6.45) is 10.5. The first-order valence-corrected chi connectivity index (χ1v) is 11.2. The highest BCUT2D eigenvalue weighted by atomic mass is 16.2. The van der Waals surface area contributed by atoms with Gasteiger partial charge in [0.15, 0.2) is 0 Å². The SMILES string of the molecule is O=C(c1ccc2c(c1)CCN(C1CCC1)C2)N1CCCN(C2CCC2)CC1. The maximum Gasteiger partial charge on any atom is 0.253 e. The van der Waals surface area contributed by atoms with Gasteiger partial charge in [0.05, 0.1) is 0 Å². The van der Waals surface area contributed by atoms with E-state index in [0.29, 0.717) is 0 Å². The third-order valence-electron chi connectivity index (χ3n) is 7.49. The lowest BCUT2D eigenvalue weighted by atomic mass is 9.88. The maximum absolute atomic E-state index is 13.1. The second kappa shape index (κ2) is 7.56. The van der Waals surface area contributed by atoms with Crippen LogP contribution < -0.4 is 0 Å². The summed E-state index contributed by atoms with van der Waals surface area (Å²) in [4.78, 5) is 20.5. The van der Waals surface area contributed by atoms with E-state index in [1.807, 2.05) is 0 Å². The van der Waals surface area contributed by atoms with E-state index >= 15 is 0 Å². The minimum atomic E-state index is 0.245. The standard InChI is InChI=1S/C23H33N3O/c27-23(25-12-3-11-24(14-15-25)21-4-1-5-21)19-8-9-20-17-26(22-6-2-7-22)13-10-18(20)16-19/h8-9,16,21-22H,1-7,10-15,17H2. The molecule has 0 N–H and O–H groups in total. The largest absolute Gasteiger partial charge is 0.337 e. The molecule has 1 aromatic rings. The topological polar surface area (TPSA) is 26.8 Å². The molecule has 0 aromatic heterocycles. The molecule has 2 aliphatic heterocycles. The smallest absolute Gasteiger partial charge is 0.253 e. The van der Waals surface area contributed by atoms with Gasteiger partial charge in [-0.05, 0) is 61.8 Å². The summed E-state index contributed by atoms with van der Waals surface area (Å²) in [5, 5.41) is 0. The molecule has 5 rings (SSSR count). The Bertz CT molecular complexity index is 695. The van der Waals surface area contributed by atoms with Crippen LogP contribution in [0.4, 0.5) is 0 Å². The van der Waals surface area contributed by atoms with Crippen LogP contribution in [0.1, 0.15) is 66.4 Å². The van der Waals surface area contributed by atoms with Crippen molar-refractivity contribution >= 4 is 5.91 Å². The zero-order valence-electron chi connectivity index (χ0n) is 16.5. The van der Waals surface area contributed by atoms with Crippen LogP contribution in [0.3, 0.4) is 0 Å². The first-order chi connectivity index (χ1) is 13.3. The molecule has 4 nitrogen and oxygen atoms in total. The molecule has 0 radical (unpaired) electrons. The van der Waals surface area contributed by atoms with Gasteiger partial charge in [0.1, 0.15) is 0 Å². The lowest BCUT2D eigenvalue weighted by Crippen LogP contribution is -2.43. The van der Waals surface area contributed by atoms with E-state index in [1.54, 1.807) is 0 Å². The molecule has 1 saturated heterocycles. The second-order valence-corrected chi connectivity index (χ2v) is 9.06. The van der Waals surface area contributed by atoms with Crippen molar-refractivity contribution in [1.82, 2.24) is 14.7 Å². The number of carbonyl (C=O) groups excluding carboxylic acids is 1. The van der Waals surface area contributed by atoms with E-state index in [1.165, 1.54) is 49.7 Å². The van der Waals surface area contributed by atoms with Gasteiger partial charge in [0.25, 0.3) is 5.91 Å². The number of hydrogen-bond acceptors (Lipinski definition) is 3. The molecule has 2 saturated carbocycles. The number of rotatable bonds is 3. The molecule has 4 heteroatoms. The monoisotopic (exact) mass is 367 g/mol. The van der Waals surface area contributed by atoms with Gasteiger partial charge in [-0.1, -0.05) is 18.9 Å². The van der Waals surface area contributed by atoms with Crippen molar-refractivity contribution in [2.75, 3.05) is 32.7 Å². The minimum Gasteiger partial charge on any atom is -0.337 e. The first-order valence-electron chi connectivity index (χ1n) is 11.2. The predicted molar refractivity (Wildman–Crippen MR) is 108 cm³/mol. The number of fused-ring (bicyclic) bond motifs is 1. The molecule has 0 spiro atoms. The average molecular weight is 368 g/mol. The molecule has 3 fully saturated rings. The number of benzene rings is 1. The van der Waals surface area contributed by atoms with Crippen molar-refractivity contribution in [3.8, 4) is 0 Å². The summed E-state index contributed by atoms with van der Waals surface area (Å²) in [6.45, 7) is 6.26. The Labute approximate surface area is 163 Å². The Hall–Kier alpha value is -1.39. The number of hydrogen-bond donors (Lipinski definition) is 0. The summed E-state index contributed by atoms with van der Waals surface area (Å²) in [5.74, 6) is 0.245. The molecule has 2 heterocycles. The molecule has 0 bridgehead atoms. The predicted octanol–water partition coefficient (Wildman–Crippen LogP) is 3.30. The molecular weight excluding hydrogens is 334 g/mol. The van der Waals surface area contributed by atoms with Gasteiger partial charge in [-0.3, -0.25) is 14.6 Å². The van der Waals surface area contributed by atoms with Gasteiger partial charge in [-0.15, -0.1) is 0 Å². The molecule has 146 valence electrons. The lowest BCUT2D eigenvalue weighted by Gasteiger charge is -2.40. The van der Waals surface area contributed by atoms with Crippen LogP contribution in [-0.2, 0) is 13.0 Å². The van der Waals surface area contributed by atoms with Gasteiger partial charge in [-0.2, -0.15) is 0 Å².